The molecule has 0 aromatic heterocycles. The SMILES string of the molecule is COc1cc2c(cc1OC[C@H]1CCCO1)C(c1ccc(Cl)cc1)N(c1ccc(N(C)C)cc1)C(=O)C2. The zero-order valence-electron chi connectivity index (χ0n) is 20.9. The van der Waals surface area contributed by atoms with Crippen LogP contribution in [0.2, 0.25) is 5.02 Å². The first-order valence-corrected chi connectivity index (χ1v) is 12.6. The van der Waals surface area contributed by atoms with Crippen molar-refractivity contribution in [2.24, 2.45) is 0 Å². The Balaban J connectivity index is 1.59. The third-order valence-corrected chi connectivity index (χ3v) is 7.12. The van der Waals surface area contributed by atoms with Gasteiger partial charge in [-0.1, -0.05) is 23.7 Å². The summed E-state index contributed by atoms with van der Waals surface area (Å²) in [6.07, 6.45) is 2.41. The number of rotatable bonds is 7. The molecular formula is C29H31ClN2O4. The largest absolute Gasteiger partial charge is 0.493 e. The van der Waals surface area contributed by atoms with Crippen molar-refractivity contribution in [3.8, 4) is 11.5 Å². The van der Waals surface area contributed by atoms with Crippen LogP contribution in [0.15, 0.2) is 60.7 Å². The van der Waals surface area contributed by atoms with Crippen molar-refractivity contribution < 1.29 is 19.0 Å². The fraction of sp³-hybridized carbons (Fsp3) is 0.345. The van der Waals surface area contributed by atoms with Crippen molar-refractivity contribution in [2.45, 2.75) is 31.4 Å². The molecule has 3 aromatic rings. The third-order valence-electron chi connectivity index (χ3n) is 6.87. The number of hydrogen-bond acceptors (Lipinski definition) is 5. The zero-order chi connectivity index (χ0) is 25.2. The van der Waals surface area contributed by atoms with E-state index in [2.05, 4.69) is 0 Å². The van der Waals surface area contributed by atoms with Crippen molar-refractivity contribution in [2.75, 3.05) is 44.2 Å². The van der Waals surface area contributed by atoms with Crippen LogP contribution in [0.1, 0.15) is 35.6 Å². The Hall–Kier alpha value is -3.22. The van der Waals surface area contributed by atoms with E-state index in [9.17, 15) is 4.79 Å². The van der Waals surface area contributed by atoms with Gasteiger partial charge in [-0.3, -0.25) is 4.79 Å². The molecule has 3 aromatic carbocycles. The summed E-state index contributed by atoms with van der Waals surface area (Å²) in [5.74, 6) is 1.30. The summed E-state index contributed by atoms with van der Waals surface area (Å²) in [6, 6.07) is 19.4. The molecule has 188 valence electrons. The summed E-state index contributed by atoms with van der Waals surface area (Å²) in [7, 11) is 5.62. The normalized spacial score (nSPS) is 19.2. The second kappa shape index (κ2) is 10.4. The van der Waals surface area contributed by atoms with Gasteiger partial charge in [0.25, 0.3) is 0 Å². The van der Waals surface area contributed by atoms with Crippen LogP contribution >= 0.6 is 11.6 Å². The molecule has 1 fully saturated rings. The Labute approximate surface area is 217 Å². The number of amides is 1. The topological polar surface area (TPSA) is 51.2 Å². The molecule has 0 aliphatic carbocycles. The van der Waals surface area contributed by atoms with Crippen LogP contribution in [0, 0.1) is 0 Å². The van der Waals surface area contributed by atoms with Gasteiger partial charge >= 0.3 is 0 Å². The lowest BCUT2D eigenvalue weighted by Gasteiger charge is -2.38. The number of ether oxygens (including phenoxy) is 3. The number of hydrogen-bond donors (Lipinski definition) is 0. The van der Waals surface area contributed by atoms with Crippen molar-refractivity contribution >= 4 is 28.9 Å². The van der Waals surface area contributed by atoms with Crippen LogP contribution in [-0.4, -0.2) is 46.4 Å². The number of methoxy groups -OCH3 is 1. The standard InChI is InChI=1S/C29H31ClN2O4/c1-31(2)22-10-12-23(13-11-22)32-28(33)16-20-15-26(34-3)27(36-18-24-5-4-14-35-24)17-25(20)29(32)19-6-8-21(30)9-7-19/h6-13,15,17,24,29H,4-5,14,16,18H2,1-3H3/t24-,29?/m1/s1. The predicted octanol–water partition coefficient (Wildman–Crippen LogP) is 5.65. The van der Waals surface area contributed by atoms with Gasteiger partial charge < -0.3 is 24.0 Å². The molecular weight excluding hydrogens is 476 g/mol. The molecule has 2 aliphatic rings. The molecule has 7 heteroatoms. The molecule has 1 amide bonds. The first kappa shape index (κ1) is 24.5. The van der Waals surface area contributed by atoms with Gasteiger partial charge in [-0.25, -0.2) is 0 Å². The second-order valence-electron chi connectivity index (χ2n) is 9.45. The van der Waals surface area contributed by atoms with E-state index in [0.29, 0.717) is 23.1 Å². The molecule has 1 unspecified atom stereocenters. The molecule has 0 spiro atoms. The third kappa shape index (κ3) is 4.88. The minimum absolute atomic E-state index is 0.0233. The predicted molar refractivity (Wildman–Crippen MR) is 143 cm³/mol. The summed E-state index contributed by atoms with van der Waals surface area (Å²) in [6.45, 7) is 1.24. The first-order valence-electron chi connectivity index (χ1n) is 12.2. The van der Waals surface area contributed by atoms with E-state index in [-0.39, 0.29) is 24.5 Å². The van der Waals surface area contributed by atoms with Crippen molar-refractivity contribution in [3.63, 3.8) is 0 Å². The van der Waals surface area contributed by atoms with Gasteiger partial charge in [0.2, 0.25) is 5.91 Å². The molecule has 2 atom stereocenters. The average molecular weight is 507 g/mol. The monoisotopic (exact) mass is 506 g/mol. The minimum atomic E-state index is -0.334. The van der Waals surface area contributed by atoms with E-state index in [1.54, 1.807) is 7.11 Å². The zero-order valence-corrected chi connectivity index (χ0v) is 21.6. The Morgan fingerprint density at radius 3 is 2.44 bits per heavy atom. The van der Waals surface area contributed by atoms with Gasteiger partial charge in [0.15, 0.2) is 11.5 Å². The minimum Gasteiger partial charge on any atom is -0.493 e. The smallest absolute Gasteiger partial charge is 0.232 e. The molecule has 2 heterocycles. The van der Waals surface area contributed by atoms with Gasteiger partial charge in [-0.2, -0.15) is 0 Å². The molecule has 0 saturated carbocycles. The Morgan fingerprint density at radius 2 is 1.81 bits per heavy atom. The molecule has 0 radical (unpaired) electrons. The van der Waals surface area contributed by atoms with Gasteiger partial charge in [0.1, 0.15) is 6.61 Å². The number of carbonyl (C=O) groups is 1. The number of anilines is 2. The van der Waals surface area contributed by atoms with Crippen molar-refractivity contribution in [1.29, 1.82) is 0 Å². The van der Waals surface area contributed by atoms with Crippen molar-refractivity contribution in [3.05, 3.63) is 82.4 Å². The number of carbonyl (C=O) groups excluding carboxylic acids is 1. The summed E-state index contributed by atoms with van der Waals surface area (Å²) < 4.78 is 17.6. The number of fused-ring (bicyclic) bond motifs is 1. The lowest BCUT2D eigenvalue weighted by Crippen LogP contribution is -2.41. The molecule has 6 nitrogen and oxygen atoms in total. The highest BCUT2D eigenvalue weighted by atomic mass is 35.5. The van der Waals surface area contributed by atoms with Gasteiger partial charge in [0.05, 0.1) is 25.7 Å². The molecule has 5 rings (SSSR count). The maximum Gasteiger partial charge on any atom is 0.232 e. The first-order chi connectivity index (χ1) is 17.4. The maximum absolute atomic E-state index is 13.6. The second-order valence-corrected chi connectivity index (χ2v) is 9.89. The van der Waals surface area contributed by atoms with Crippen LogP contribution in [0.3, 0.4) is 0 Å². The summed E-state index contributed by atoms with van der Waals surface area (Å²) >= 11 is 6.21. The Kier molecular flexibility index (Phi) is 7.08. The lowest BCUT2D eigenvalue weighted by molar-refractivity contribution is -0.118. The van der Waals surface area contributed by atoms with Crippen LogP contribution in [0.4, 0.5) is 11.4 Å². The molecule has 36 heavy (non-hydrogen) atoms. The molecule has 0 N–H and O–H groups in total. The number of halogens is 1. The number of nitrogens with zero attached hydrogens (tertiary/aromatic N) is 2. The average Bonchev–Trinajstić information content (AvgIpc) is 3.41. The van der Waals surface area contributed by atoms with Gasteiger partial charge in [-0.15, -0.1) is 0 Å². The number of benzene rings is 3. The van der Waals surface area contributed by atoms with Gasteiger partial charge in [-0.05, 0) is 78.1 Å². The summed E-state index contributed by atoms with van der Waals surface area (Å²) in [5, 5.41) is 0.651. The highest BCUT2D eigenvalue weighted by Gasteiger charge is 2.36. The quantitative estimate of drug-likeness (QED) is 0.414. The summed E-state index contributed by atoms with van der Waals surface area (Å²) in [4.78, 5) is 17.5. The van der Waals surface area contributed by atoms with E-state index in [0.717, 1.165) is 47.5 Å². The highest BCUT2D eigenvalue weighted by Crippen LogP contribution is 2.44. The molecule has 2 aliphatic heterocycles. The van der Waals surface area contributed by atoms with E-state index in [1.165, 1.54) is 0 Å². The fourth-order valence-corrected chi connectivity index (χ4v) is 5.09. The Morgan fingerprint density at radius 1 is 1.06 bits per heavy atom. The van der Waals surface area contributed by atoms with Gasteiger partial charge in [0, 0.05) is 37.1 Å². The van der Waals surface area contributed by atoms with E-state index in [4.69, 9.17) is 25.8 Å². The Bertz CT molecular complexity index is 1220. The van der Waals surface area contributed by atoms with Crippen LogP contribution in [0.25, 0.3) is 0 Å². The molecule has 0 bridgehead atoms. The van der Waals surface area contributed by atoms with E-state index in [1.807, 2.05) is 84.6 Å². The van der Waals surface area contributed by atoms with E-state index >= 15 is 0 Å². The molecule has 1 saturated heterocycles. The van der Waals surface area contributed by atoms with Crippen LogP contribution in [0.5, 0.6) is 11.5 Å². The summed E-state index contributed by atoms with van der Waals surface area (Å²) in [5.41, 5.74) is 4.83. The van der Waals surface area contributed by atoms with Crippen molar-refractivity contribution in [1.82, 2.24) is 0 Å². The highest BCUT2D eigenvalue weighted by molar-refractivity contribution is 6.30. The van der Waals surface area contributed by atoms with Crippen LogP contribution < -0.4 is 19.3 Å². The van der Waals surface area contributed by atoms with Crippen LogP contribution in [-0.2, 0) is 16.0 Å². The maximum atomic E-state index is 13.6. The fourth-order valence-electron chi connectivity index (χ4n) is 4.97. The van der Waals surface area contributed by atoms with E-state index < -0.39 is 0 Å². The lowest BCUT2D eigenvalue weighted by atomic mass is 9.86.